The van der Waals surface area contributed by atoms with Gasteiger partial charge in [-0.2, -0.15) is 0 Å². The van der Waals surface area contributed by atoms with Crippen LogP contribution in [0.2, 0.25) is 0 Å². The molecule has 5 aromatic carbocycles. The molecular formula is C34H21BN2O8. The molecule has 0 unspecified atom stereocenters. The van der Waals surface area contributed by atoms with E-state index in [1.165, 1.54) is 0 Å². The van der Waals surface area contributed by atoms with Crippen molar-refractivity contribution in [3.63, 3.8) is 0 Å². The van der Waals surface area contributed by atoms with Gasteiger partial charge in [0.15, 0.2) is 46.0 Å². The minimum Gasteiger partial charge on any atom is -0.454 e. The number of hydrogen-bond acceptors (Lipinski definition) is 10. The van der Waals surface area contributed by atoms with Crippen molar-refractivity contribution in [2.45, 2.75) is 0 Å². The number of anilines is 6. The largest absolute Gasteiger partial charge is 0.454 e. The van der Waals surface area contributed by atoms with E-state index in [4.69, 9.17) is 37.9 Å². The fourth-order valence-electron chi connectivity index (χ4n) is 7.31. The van der Waals surface area contributed by atoms with Gasteiger partial charge in [-0.1, -0.05) is 6.07 Å². The molecule has 0 radical (unpaired) electrons. The van der Waals surface area contributed by atoms with Gasteiger partial charge in [0, 0.05) is 47.0 Å². The van der Waals surface area contributed by atoms with Crippen LogP contribution in [-0.2, 0) is 0 Å². The molecule has 45 heavy (non-hydrogen) atoms. The van der Waals surface area contributed by atoms with Gasteiger partial charge in [0.2, 0.25) is 27.2 Å². The summed E-state index contributed by atoms with van der Waals surface area (Å²) in [6, 6.07) is 26.9. The summed E-state index contributed by atoms with van der Waals surface area (Å²) in [5, 5.41) is 0. The van der Waals surface area contributed by atoms with Crippen LogP contribution in [0.3, 0.4) is 0 Å². The zero-order valence-corrected chi connectivity index (χ0v) is 23.6. The molecule has 0 amide bonds. The predicted molar refractivity (Wildman–Crippen MR) is 165 cm³/mol. The van der Waals surface area contributed by atoms with Crippen LogP contribution in [0.4, 0.5) is 34.1 Å². The van der Waals surface area contributed by atoms with Gasteiger partial charge < -0.3 is 47.7 Å². The number of fused-ring (bicyclic) bond motifs is 8. The van der Waals surface area contributed by atoms with Gasteiger partial charge in [0.1, 0.15) is 0 Å². The van der Waals surface area contributed by atoms with Gasteiger partial charge in [0.25, 0.3) is 6.71 Å². The van der Waals surface area contributed by atoms with Gasteiger partial charge in [0.05, 0.1) is 11.4 Å². The first-order valence-corrected chi connectivity index (χ1v) is 14.7. The molecule has 0 fully saturated rings. The molecule has 0 bridgehead atoms. The Morgan fingerprint density at radius 2 is 0.800 bits per heavy atom. The van der Waals surface area contributed by atoms with Crippen molar-refractivity contribution >= 4 is 57.2 Å². The van der Waals surface area contributed by atoms with Crippen LogP contribution < -0.4 is 64.1 Å². The fraction of sp³-hybridized carbons (Fsp3) is 0.118. The highest BCUT2D eigenvalue weighted by molar-refractivity contribution is 7.00. The highest BCUT2D eigenvalue weighted by Gasteiger charge is 2.45. The molecule has 0 saturated heterocycles. The molecule has 10 nitrogen and oxygen atoms in total. The summed E-state index contributed by atoms with van der Waals surface area (Å²) >= 11 is 0. The van der Waals surface area contributed by atoms with Crippen molar-refractivity contribution in [3.05, 3.63) is 78.9 Å². The molecule has 6 aliphatic rings. The maximum Gasteiger partial charge on any atom is 0.252 e. The molecule has 0 atom stereocenters. The normalized spacial score (nSPS) is 16.5. The molecule has 5 aromatic rings. The lowest BCUT2D eigenvalue weighted by Crippen LogP contribution is -2.61. The van der Waals surface area contributed by atoms with Crippen molar-refractivity contribution < 1.29 is 37.9 Å². The van der Waals surface area contributed by atoms with Crippen LogP contribution in [0.15, 0.2) is 78.9 Å². The maximum absolute atomic E-state index is 5.93. The van der Waals surface area contributed by atoms with Gasteiger partial charge >= 0.3 is 0 Å². The molecule has 0 spiro atoms. The molecule has 0 saturated carbocycles. The summed E-state index contributed by atoms with van der Waals surface area (Å²) in [6.45, 7) is 0.625. The topological polar surface area (TPSA) is 80.3 Å². The van der Waals surface area contributed by atoms with E-state index in [1.807, 2.05) is 24.3 Å². The Labute approximate surface area is 256 Å². The number of benzene rings is 5. The van der Waals surface area contributed by atoms with E-state index in [0.717, 1.165) is 73.5 Å². The third-order valence-electron chi connectivity index (χ3n) is 9.21. The van der Waals surface area contributed by atoms with Crippen LogP contribution in [-0.4, -0.2) is 33.9 Å². The van der Waals surface area contributed by atoms with Crippen LogP contribution in [0, 0.1) is 0 Å². The number of hydrogen-bond donors (Lipinski definition) is 0. The van der Waals surface area contributed by atoms with Gasteiger partial charge in [-0.15, -0.1) is 0 Å². The Morgan fingerprint density at radius 3 is 1.27 bits per heavy atom. The maximum atomic E-state index is 5.93. The zero-order valence-electron chi connectivity index (χ0n) is 23.6. The summed E-state index contributed by atoms with van der Waals surface area (Å²) in [7, 11) is 0. The minimum absolute atomic E-state index is 0.138. The van der Waals surface area contributed by atoms with Gasteiger partial charge in [-0.05, 0) is 64.9 Å². The first-order chi connectivity index (χ1) is 22.3. The molecule has 11 rings (SSSR count). The number of nitrogens with zero attached hydrogens (tertiary/aromatic N) is 2. The highest BCUT2D eigenvalue weighted by atomic mass is 16.7. The lowest BCUT2D eigenvalue weighted by molar-refractivity contribution is 0.173. The Balaban J connectivity index is 1.21. The van der Waals surface area contributed by atoms with Crippen LogP contribution in [0.25, 0.3) is 0 Å². The fourth-order valence-corrected chi connectivity index (χ4v) is 7.31. The summed E-state index contributed by atoms with van der Waals surface area (Å²) in [5.41, 5.74) is 9.26. The molecule has 0 aliphatic carbocycles. The zero-order chi connectivity index (χ0) is 29.2. The van der Waals surface area contributed by atoms with Crippen molar-refractivity contribution in [3.8, 4) is 46.0 Å². The van der Waals surface area contributed by atoms with Crippen molar-refractivity contribution in [2.75, 3.05) is 37.0 Å². The Kier molecular flexibility index (Phi) is 4.41. The Hall–Kier alpha value is -5.84. The first-order valence-electron chi connectivity index (χ1n) is 14.7. The molecule has 218 valence electrons. The monoisotopic (exact) mass is 596 g/mol. The minimum atomic E-state index is -0.138. The van der Waals surface area contributed by atoms with E-state index in [0.29, 0.717) is 23.0 Å². The lowest BCUT2D eigenvalue weighted by atomic mass is 9.33. The summed E-state index contributed by atoms with van der Waals surface area (Å²) < 4.78 is 46.6. The van der Waals surface area contributed by atoms with Gasteiger partial charge in [-0.25, -0.2) is 0 Å². The van der Waals surface area contributed by atoms with E-state index < -0.39 is 0 Å². The quantitative estimate of drug-likeness (QED) is 0.263. The smallest absolute Gasteiger partial charge is 0.252 e. The molecular weight excluding hydrogens is 575 g/mol. The van der Waals surface area contributed by atoms with Crippen LogP contribution >= 0.6 is 0 Å². The average molecular weight is 596 g/mol. The van der Waals surface area contributed by atoms with Crippen LogP contribution in [0.1, 0.15) is 0 Å². The first kappa shape index (κ1) is 23.6. The predicted octanol–water partition coefficient (Wildman–Crippen LogP) is 4.68. The second-order valence-corrected chi connectivity index (χ2v) is 11.4. The van der Waals surface area contributed by atoms with E-state index in [2.05, 4.69) is 64.4 Å². The Morgan fingerprint density at radius 1 is 0.400 bits per heavy atom. The summed E-state index contributed by atoms with van der Waals surface area (Å²) in [6.07, 6.45) is 0. The van der Waals surface area contributed by atoms with Gasteiger partial charge in [-0.3, -0.25) is 0 Å². The van der Waals surface area contributed by atoms with Crippen molar-refractivity contribution in [1.29, 1.82) is 0 Å². The SMILES string of the molecule is c1cc2c3c(c1)N(c1ccc4c(c1)OCO4)c1cc4c(cc1B3c1cc3c(cc1N2c1ccc2c(c1)OCO2)OCO3)OCO4. The third kappa shape index (κ3) is 3.14. The summed E-state index contributed by atoms with van der Waals surface area (Å²) in [5.74, 6) is 5.75. The number of rotatable bonds is 2. The van der Waals surface area contributed by atoms with Crippen LogP contribution in [0.5, 0.6) is 46.0 Å². The van der Waals surface area contributed by atoms with E-state index in [9.17, 15) is 0 Å². The third-order valence-corrected chi connectivity index (χ3v) is 9.21. The molecule has 6 aliphatic heterocycles. The average Bonchev–Trinajstić information content (AvgIpc) is 3.89. The molecule has 6 heterocycles. The second kappa shape index (κ2) is 8.41. The van der Waals surface area contributed by atoms with E-state index in [-0.39, 0.29) is 33.9 Å². The summed E-state index contributed by atoms with van der Waals surface area (Å²) in [4.78, 5) is 4.54. The van der Waals surface area contributed by atoms with Crippen molar-refractivity contribution in [1.82, 2.24) is 0 Å². The van der Waals surface area contributed by atoms with E-state index in [1.54, 1.807) is 0 Å². The van der Waals surface area contributed by atoms with E-state index >= 15 is 0 Å². The Bertz CT molecular complexity index is 1990. The highest BCUT2D eigenvalue weighted by Crippen LogP contribution is 2.50. The molecule has 0 aromatic heterocycles. The lowest BCUT2D eigenvalue weighted by Gasteiger charge is -2.44. The van der Waals surface area contributed by atoms with Crippen molar-refractivity contribution in [2.24, 2.45) is 0 Å². The standard InChI is InChI=1S/C34H21BN2O8/c1-2-22-34-23(3-1)37(19-5-7-27-29(9-19)41-15-39-27)25-13-33-31(43-17-45-33)11-21(25)35(34)20-10-30-32(44-16-42-30)12-24(20)36(22)18-4-6-26-28(8-18)40-14-38-26/h1-13H,14-17H2. The number of ether oxygens (including phenoxy) is 8. The molecule has 11 heteroatoms. The second-order valence-electron chi connectivity index (χ2n) is 11.4. The molecule has 0 N–H and O–H groups in total.